The molecule has 126 valence electrons. The van der Waals surface area contributed by atoms with Crippen LogP contribution in [0.4, 0.5) is 13.2 Å². The van der Waals surface area contributed by atoms with Gasteiger partial charge in [0.1, 0.15) is 0 Å². The Labute approximate surface area is 139 Å². The second-order valence-corrected chi connectivity index (χ2v) is 6.08. The molecule has 0 heterocycles. The van der Waals surface area contributed by atoms with E-state index in [1.807, 2.05) is 0 Å². The van der Waals surface area contributed by atoms with Gasteiger partial charge in [0.2, 0.25) is 0 Å². The molecular formula is C15H20Cl2F3NO. The zero-order valence-corrected chi connectivity index (χ0v) is 13.5. The number of aliphatic hydroxyl groups excluding tert-OH is 1. The van der Waals surface area contributed by atoms with Gasteiger partial charge in [0, 0.05) is 5.02 Å². The Morgan fingerprint density at radius 2 is 1.77 bits per heavy atom. The topological polar surface area (TPSA) is 46.2 Å². The molecule has 3 N–H and O–H groups in total. The molecule has 1 aromatic rings. The number of alkyl halides is 3. The second kappa shape index (κ2) is 7.86. The predicted octanol–water partition coefficient (Wildman–Crippen LogP) is 4.72. The molecule has 1 aromatic carbocycles. The monoisotopic (exact) mass is 357 g/mol. The van der Waals surface area contributed by atoms with Crippen LogP contribution in [0, 0.1) is 5.92 Å². The van der Waals surface area contributed by atoms with E-state index < -0.39 is 23.9 Å². The molecule has 0 aromatic heterocycles. The SMILES string of the molecule is Cl.N[C@@H](c1ccc(Cl)cc1C(F)(F)F)[C@H](O)C1CCCCC1. The molecule has 0 saturated heterocycles. The van der Waals surface area contributed by atoms with Gasteiger partial charge in [0.05, 0.1) is 17.7 Å². The number of benzene rings is 1. The molecule has 0 spiro atoms. The maximum Gasteiger partial charge on any atom is 0.416 e. The molecule has 0 aliphatic heterocycles. The zero-order chi connectivity index (χ0) is 15.6. The van der Waals surface area contributed by atoms with Crippen molar-refractivity contribution in [3.8, 4) is 0 Å². The van der Waals surface area contributed by atoms with E-state index in [4.69, 9.17) is 17.3 Å². The van der Waals surface area contributed by atoms with Gasteiger partial charge in [-0.2, -0.15) is 13.2 Å². The smallest absolute Gasteiger partial charge is 0.391 e. The summed E-state index contributed by atoms with van der Waals surface area (Å²) in [5, 5.41) is 10.3. The van der Waals surface area contributed by atoms with Crippen LogP contribution >= 0.6 is 24.0 Å². The fourth-order valence-corrected chi connectivity index (χ4v) is 3.19. The average molecular weight is 358 g/mol. The quantitative estimate of drug-likeness (QED) is 0.821. The van der Waals surface area contributed by atoms with Crippen molar-refractivity contribution in [3.63, 3.8) is 0 Å². The molecule has 1 saturated carbocycles. The van der Waals surface area contributed by atoms with E-state index in [0.29, 0.717) is 0 Å². The number of hydrogen-bond donors (Lipinski definition) is 2. The minimum Gasteiger partial charge on any atom is -0.391 e. The highest BCUT2D eigenvalue weighted by molar-refractivity contribution is 6.30. The fourth-order valence-electron chi connectivity index (χ4n) is 3.02. The predicted molar refractivity (Wildman–Crippen MR) is 83.2 cm³/mol. The highest BCUT2D eigenvalue weighted by atomic mass is 35.5. The molecule has 0 bridgehead atoms. The van der Waals surface area contributed by atoms with Gasteiger partial charge in [-0.1, -0.05) is 36.9 Å². The Hall–Kier alpha value is -0.490. The van der Waals surface area contributed by atoms with E-state index in [9.17, 15) is 18.3 Å². The van der Waals surface area contributed by atoms with E-state index in [1.54, 1.807) is 0 Å². The van der Waals surface area contributed by atoms with Crippen molar-refractivity contribution in [2.24, 2.45) is 11.7 Å². The average Bonchev–Trinajstić information content (AvgIpc) is 2.45. The zero-order valence-electron chi connectivity index (χ0n) is 11.9. The van der Waals surface area contributed by atoms with Crippen LogP contribution in [0.2, 0.25) is 5.02 Å². The molecule has 22 heavy (non-hydrogen) atoms. The van der Waals surface area contributed by atoms with Gasteiger partial charge in [-0.3, -0.25) is 0 Å². The van der Waals surface area contributed by atoms with Gasteiger partial charge < -0.3 is 10.8 Å². The first-order valence-electron chi connectivity index (χ1n) is 7.11. The van der Waals surface area contributed by atoms with Crippen LogP contribution in [-0.2, 0) is 6.18 Å². The Morgan fingerprint density at radius 3 is 2.32 bits per heavy atom. The van der Waals surface area contributed by atoms with Crippen LogP contribution in [0.3, 0.4) is 0 Å². The summed E-state index contributed by atoms with van der Waals surface area (Å²) in [6.45, 7) is 0. The number of nitrogens with two attached hydrogens (primary N) is 1. The van der Waals surface area contributed by atoms with Crippen molar-refractivity contribution in [1.29, 1.82) is 0 Å². The number of hydrogen-bond acceptors (Lipinski definition) is 2. The summed E-state index contributed by atoms with van der Waals surface area (Å²) in [4.78, 5) is 0. The van der Waals surface area contributed by atoms with E-state index in [0.717, 1.165) is 38.2 Å². The Kier molecular flexibility index (Phi) is 6.99. The summed E-state index contributed by atoms with van der Waals surface area (Å²) in [5.74, 6) is -0.0366. The van der Waals surface area contributed by atoms with Crippen molar-refractivity contribution >= 4 is 24.0 Å². The standard InChI is InChI=1S/C15H19ClF3NO.ClH/c16-10-6-7-11(12(8-10)15(17,18)19)13(20)14(21)9-4-2-1-3-5-9;/h6-9,13-14,21H,1-5,20H2;1H/t13-,14+;/m0./s1. The molecule has 0 amide bonds. The minimum atomic E-state index is -4.54. The lowest BCUT2D eigenvalue weighted by atomic mass is 9.80. The lowest BCUT2D eigenvalue weighted by molar-refractivity contribution is -0.138. The van der Waals surface area contributed by atoms with Crippen LogP contribution in [0.1, 0.15) is 49.3 Å². The molecule has 1 fully saturated rings. The molecule has 0 radical (unpaired) electrons. The number of rotatable bonds is 3. The second-order valence-electron chi connectivity index (χ2n) is 5.64. The lowest BCUT2D eigenvalue weighted by Crippen LogP contribution is -2.35. The van der Waals surface area contributed by atoms with E-state index in [-0.39, 0.29) is 28.9 Å². The molecule has 1 aliphatic carbocycles. The van der Waals surface area contributed by atoms with Crippen LogP contribution in [0.25, 0.3) is 0 Å². The van der Waals surface area contributed by atoms with Gasteiger partial charge in [0.15, 0.2) is 0 Å². The minimum absolute atomic E-state index is 0. The van der Waals surface area contributed by atoms with E-state index in [1.165, 1.54) is 12.1 Å². The van der Waals surface area contributed by atoms with Gasteiger partial charge >= 0.3 is 6.18 Å². The first-order valence-corrected chi connectivity index (χ1v) is 7.49. The molecule has 0 unspecified atom stereocenters. The third-order valence-corrected chi connectivity index (χ3v) is 4.42. The molecule has 2 atom stereocenters. The van der Waals surface area contributed by atoms with E-state index in [2.05, 4.69) is 0 Å². The molecule has 2 nitrogen and oxygen atoms in total. The van der Waals surface area contributed by atoms with Crippen LogP contribution < -0.4 is 5.73 Å². The number of aliphatic hydroxyl groups is 1. The summed E-state index contributed by atoms with van der Waals surface area (Å²) in [6, 6.07) is 2.45. The first-order chi connectivity index (χ1) is 9.80. The summed E-state index contributed by atoms with van der Waals surface area (Å²) < 4.78 is 39.3. The summed E-state index contributed by atoms with van der Waals surface area (Å²) in [5.41, 5.74) is 4.97. The van der Waals surface area contributed by atoms with Gasteiger partial charge in [0.25, 0.3) is 0 Å². The summed E-state index contributed by atoms with van der Waals surface area (Å²) >= 11 is 5.65. The molecule has 1 aliphatic rings. The number of halogens is 5. The molecule has 2 rings (SSSR count). The van der Waals surface area contributed by atoms with Crippen LogP contribution in [-0.4, -0.2) is 11.2 Å². The van der Waals surface area contributed by atoms with Gasteiger partial charge in [-0.15, -0.1) is 12.4 Å². The normalized spacial score (nSPS) is 19.4. The molecular weight excluding hydrogens is 338 g/mol. The van der Waals surface area contributed by atoms with Crippen molar-refractivity contribution in [2.45, 2.75) is 50.4 Å². The Morgan fingerprint density at radius 1 is 1.18 bits per heavy atom. The highest BCUT2D eigenvalue weighted by Crippen LogP contribution is 2.38. The lowest BCUT2D eigenvalue weighted by Gasteiger charge is -2.31. The Balaban J connectivity index is 0.00000242. The van der Waals surface area contributed by atoms with Gasteiger partial charge in [-0.25, -0.2) is 0 Å². The van der Waals surface area contributed by atoms with E-state index >= 15 is 0 Å². The Bertz CT molecular complexity index is 490. The first kappa shape index (κ1) is 19.6. The largest absolute Gasteiger partial charge is 0.416 e. The maximum absolute atomic E-state index is 13.1. The fraction of sp³-hybridized carbons (Fsp3) is 0.600. The van der Waals surface area contributed by atoms with Crippen molar-refractivity contribution < 1.29 is 18.3 Å². The summed E-state index contributed by atoms with van der Waals surface area (Å²) in [6.07, 6.45) is -0.805. The van der Waals surface area contributed by atoms with Crippen LogP contribution in [0.5, 0.6) is 0 Å². The van der Waals surface area contributed by atoms with Crippen LogP contribution in [0.15, 0.2) is 18.2 Å². The van der Waals surface area contributed by atoms with Crippen molar-refractivity contribution in [3.05, 3.63) is 34.3 Å². The maximum atomic E-state index is 13.1. The van der Waals surface area contributed by atoms with Crippen molar-refractivity contribution in [2.75, 3.05) is 0 Å². The van der Waals surface area contributed by atoms with Crippen molar-refractivity contribution in [1.82, 2.24) is 0 Å². The third-order valence-electron chi connectivity index (χ3n) is 4.18. The van der Waals surface area contributed by atoms with Gasteiger partial charge in [-0.05, 0) is 36.5 Å². The molecule has 7 heteroatoms. The third kappa shape index (κ3) is 4.51. The summed E-state index contributed by atoms with van der Waals surface area (Å²) in [7, 11) is 0. The highest BCUT2D eigenvalue weighted by Gasteiger charge is 2.37.